The number of allylic oxidation sites excluding steroid dienone is 3. The smallest absolute Gasteiger partial charge is 0.286 e. The van der Waals surface area contributed by atoms with E-state index in [1.54, 1.807) is 24.3 Å². The Kier molecular flexibility index (Phi) is 6.37. The number of Topliss-reactive ketones (excluding diaryl/α,β-unsaturated/α-hetero) is 1. The highest BCUT2D eigenvalue weighted by atomic mass is 32.2. The summed E-state index contributed by atoms with van der Waals surface area (Å²) in [6, 6.07) is 7.18. The first kappa shape index (κ1) is 18.0. The van der Waals surface area contributed by atoms with Gasteiger partial charge in [-0.05, 0) is 38.0 Å². The van der Waals surface area contributed by atoms with Gasteiger partial charge in [-0.2, -0.15) is 0 Å². The van der Waals surface area contributed by atoms with Crippen LogP contribution in [-0.4, -0.2) is 28.8 Å². The summed E-state index contributed by atoms with van der Waals surface area (Å²) in [5.41, 5.74) is 1.54. The van der Waals surface area contributed by atoms with Crippen LogP contribution < -0.4 is 10.1 Å². The molecule has 1 atom stereocenters. The van der Waals surface area contributed by atoms with Crippen LogP contribution >= 0.6 is 11.8 Å². The van der Waals surface area contributed by atoms with E-state index in [2.05, 4.69) is 5.32 Å². The summed E-state index contributed by atoms with van der Waals surface area (Å²) >= 11 is 1.01. The SMILES string of the molecule is C/C=C\C(=C/C)C(=O)COc1ccc(CC2SC(=O)NC2=O)cc1. The van der Waals surface area contributed by atoms with Crippen molar-refractivity contribution in [2.24, 2.45) is 0 Å². The zero-order valence-electron chi connectivity index (χ0n) is 13.6. The highest BCUT2D eigenvalue weighted by Crippen LogP contribution is 2.23. The van der Waals surface area contributed by atoms with Gasteiger partial charge in [0.1, 0.15) is 5.75 Å². The summed E-state index contributed by atoms with van der Waals surface area (Å²) < 4.78 is 5.50. The van der Waals surface area contributed by atoms with Crippen molar-refractivity contribution in [2.45, 2.75) is 25.5 Å². The molecule has 0 bridgehead atoms. The Morgan fingerprint density at radius 1 is 1.25 bits per heavy atom. The van der Waals surface area contributed by atoms with Crippen molar-refractivity contribution in [1.29, 1.82) is 0 Å². The molecule has 0 spiro atoms. The number of hydrogen-bond acceptors (Lipinski definition) is 5. The number of amides is 2. The van der Waals surface area contributed by atoms with Crippen LogP contribution in [-0.2, 0) is 16.0 Å². The van der Waals surface area contributed by atoms with Gasteiger partial charge in [0, 0.05) is 5.57 Å². The van der Waals surface area contributed by atoms with Crippen LogP contribution in [0.1, 0.15) is 19.4 Å². The number of ether oxygens (including phenoxy) is 1. The fourth-order valence-corrected chi connectivity index (χ4v) is 3.09. The number of rotatable bonds is 7. The minimum Gasteiger partial charge on any atom is -0.485 e. The quantitative estimate of drug-likeness (QED) is 0.607. The predicted molar refractivity (Wildman–Crippen MR) is 94.1 cm³/mol. The van der Waals surface area contributed by atoms with E-state index in [1.165, 1.54) is 0 Å². The number of ketones is 1. The number of carbonyl (C=O) groups is 3. The Balaban J connectivity index is 1.89. The molecule has 1 aliphatic heterocycles. The van der Waals surface area contributed by atoms with Gasteiger partial charge in [0.15, 0.2) is 12.4 Å². The van der Waals surface area contributed by atoms with Crippen molar-refractivity contribution < 1.29 is 19.1 Å². The fourth-order valence-electron chi connectivity index (χ4n) is 2.23. The Labute approximate surface area is 145 Å². The van der Waals surface area contributed by atoms with Gasteiger partial charge in [0.05, 0.1) is 5.25 Å². The molecule has 1 unspecified atom stereocenters. The molecule has 1 heterocycles. The molecule has 2 rings (SSSR count). The van der Waals surface area contributed by atoms with Crippen molar-refractivity contribution in [2.75, 3.05) is 6.61 Å². The first-order valence-corrected chi connectivity index (χ1v) is 8.47. The maximum absolute atomic E-state index is 12.0. The van der Waals surface area contributed by atoms with Gasteiger partial charge in [-0.25, -0.2) is 0 Å². The Hall–Kier alpha value is -2.34. The third-order valence-electron chi connectivity index (χ3n) is 3.46. The molecule has 5 nitrogen and oxygen atoms in total. The monoisotopic (exact) mass is 345 g/mol. The zero-order chi connectivity index (χ0) is 17.5. The summed E-state index contributed by atoms with van der Waals surface area (Å²) in [5.74, 6) is 0.249. The molecule has 24 heavy (non-hydrogen) atoms. The number of nitrogens with one attached hydrogen (secondary N) is 1. The van der Waals surface area contributed by atoms with Crippen molar-refractivity contribution in [3.05, 3.63) is 53.6 Å². The molecule has 0 saturated carbocycles. The summed E-state index contributed by atoms with van der Waals surface area (Å²) in [5, 5.41) is 1.58. The Morgan fingerprint density at radius 3 is 2.50 bits per heavy atom. The molecule has 1 fully saturated rings. The first-order chi connectivity index (χ1) is 11.5. The second-order valence-electron chi connectivity index (χ2n) is 5.19. The van der Waals surface area contributed by atoms with Gasteiger partial charge >= 0.3 is 0 Å². The molecule has 1 N–H and O–H groups in total. The van der Waals surface area contributed by atoms with Crippen LogP contribution in [0.5, 0.6) is 5.75 Å². The number of benzene rings is 1. The third-order valence-corrected chi connectivity index (χ3v) is 4.44. The minimum absolute atomic E-state index is 0.0290. The van der Waals surface area contributed by atoms with Gasteiger partial charge in [-0.15, -0.1) is 0 Å². The topological polar surface area (TPSA) is 72.5 Å². The summed E-state index contributed by atoms with van der Waals surface area (Å²) in [4.78, 5) is 34.7. The molecule has 0 aromatic heterocycles. The maximum Gasteiger partial charge on any atom is 0.286 e. The van der Waals surface area contributed by atoms with E-state index in [0.29, 0.717) is 17.7 Å². The highest BCUT2D eigenvalue weighted by molar-refractivity contribution is 8.15. The summed E-state index contributed by atoms with van der Waals surface area (Å²) in [6.07, 6.45) is 5.79. The Bertz CT molecular complexity index is 691. The zero-order valence-corrected chi connectivity index (χ0v) is 14.4. The second kappa shape index (κ2) is 8.49. The largest absolute Gasteiger partial charge is 0.485 e. The summed E-state index contributed by atoms with van der Waals surface area (Å²) in [7, 11) is 0. The number of hydrogen-bond donors (Lipinski definition) is 1. The lowest BCUT2D eigenvalue weighted by molar-refractivity contribution is -0.119. The minimum atomic E-state index is -0.385. The van der Waals surface area contributed by atoms with Gasteiger partial charge in [0.2, 0.25) is 5.91 Å². The van der Waals surface area contributed by atoms with Crippen LogP contribution in [0.15, 0.2) is 48.1 Å². The van der Waals surface area contributed by atoms with Crippen LogP contribution in [0.2, 0.25) is 0 Å². The number of carbonyl (C=O) groups excluding carboxylic acids is 3. The molecule has 126 valence electrons. The van der Waals surface area contributed by atoms with Crippen LogP contribution in [0.25, 0.3) is 0 Å². The van der Waals surface area contributed by atoms with E-state index in [9.17, 15) is 14.4 Å². The maximum atomic E-state index is 12.0. The molecule has 0 aliphatic carbocycles. The van der Waals surface area contributed by atoms with Crippen molar-refractivity contribution in [1.82, 2.24) is 5.32 Å². The van der Waals surface area contributed by atoms with Gasteiger partial charge < -0.3 is 4.74 Å². The van der Waals surface area contributed by atoms with Crippen molar-refractivity contribution in [3.8, 4) is 5.75 Å². The normalized spacial score (nSPS) is 18.1. The predicted octanol–water partition coefficient (Wildman–Crippen LogP) is 3.05. The molecule has 1 aliphatic rings. The van der Waals surface area contributed by atoms with Gasteiger partial charge in [0.25, 0.3) is 5.24 Å². The second-order valence-corrected chi connectivity index (χ2v) is 6.36. The lowest BCUT2D eigenvalue weighted by Crippen LogP contribution is -2.25. The molecule has 6 heteroatoms. The number of thioether (sulfide) groups is 1. The lowest BCUT2D eigenvalue weighted by atomic mass is 10.1. The highest BCUT2D eigenvalue weighted by Gasteiger charge is 2.31. The van der Waals surface area contributed by atoms with Gasteiger partial charge in [-0.3, -0.25) is 19.7 Å². The van der Waals surface area contributed by atoms with Crippen molar-refractivity contribution >= 4 is 28.7 Å². The molecule has 0 radical (unpaired) electrons. The van der Waals surface area contributed by atoms with E-state index in [-0.39, 0.29) is 28.8 Å². The van der Waals surface area contributed by atoms with E-state index >= 15 is 0 Å². The molecular formula is C18H19NO4S. The Morgan fingerprint density at radius 2 is 1.96 bits per heavy atom. The van der Waals surface area contributed by atoms with E-state index < -0.39 is 0 Å². The van der Waals surface area contributed by atoms with Crippen LogP contribution in [0.4, 0.5) is 4.79 Å². The summed E-state index contributed by atoms with van der Waals surface area (Å²) in [6.45, 7) is 3.63. The van der Waals surface area contributed by atoms with Crippen LogP contribution in [0.3, 0.4) is 0 Å². The molecule has 1 aromatic rings. The molecule has 2 amide bonds. The number of imide groups is 1. The average molecular weight is 345 g/mol. The third kappa shape index (κ3) is 4.83. The standard InChI is InChI=1S/C18H19NO4S/c1-3-5-13(4-2)15(20)11-23-14-8-6-12(7-9-14)10-16-17(21)19-18(22)24-16/h3-9,16H,10-11H2,1-2H3,(H,19,21,22)/b5-3-,13-4+. The fraction of sp³-hybridized carbons (Fsp3) is 0.278. The molecule has 1 aromatic carbocycles. The van der Waals surface area contributed by atoms with E-state index in [1.807, 2.05) is 32.1 Å². The molecule has 1 saturated heterocycles. The first-order valence-electron chi connectivity index (χ1n) is 7.59. The average Bonchev–Trinajstić information content (AvgIpc) is 2.89. The van der Waals surface area contributed by atoms with E-state index in [4.69, 9.17) is 4.74 Å². The van der Waals surface area contributed by atoms with E-state index in [0.717, 1.165) is 17.3 Å². The van der Waals surface area contributed by atoms with Crippen molar-refractivity contribution in [3.63, 3.8) is 0 Å². The van der Waals surface area contributed by atoms with Crippen LogP contribution in [0, 0.1) is 0 Å². The molecular weight excluding hydrogens is 326 g/mol. The lowest BCUT2D eigenvalue weighted by Gasteiger charge is -2.08. The van der Waals surface area contributed by atoms with Gasteiger partial charge in [-0.1, -0.05) is 42.1 Å².